The zero-order valence-corrected chi connectivity index (χ0v) is 22.9. The largest absolute Gasteiger partial charge is 0.245 e. The standard InChI is InChI=1S/C40H26N2/c1-3-7-27(8-4-1)28-11-13-29(14-12-28)33-17-18-35-26-36(20-19-34(35)25-33)38-24-22-32-16-15-31-21-23-37(30-9-5-2-6-10-30)41-39(31)40(32)42-38/h1-26H. The van der Waals surface area contributed by atoms with Gasteiger partial charge < -0.3 is 0 Å². The Hall–Kier alpha value is -5.60. The summed E-state index contributed by atoms with van der Waals surface area (Å²) in [5, 5.41) is 4.59. The van der Waals surface area contributed by atoms with Gasteiger partial charge in [-0.1, -0.05) is 133 Å². The molecule has 2 nitrogen and oxygen atoms in total. The molecule has 0 spiro atoms. The van der Waals surface area contributed by atoms with Gasteiger partial charge in [0, 0.05) is 21.9 Å². The fraction of sp³-hybridized carbons (Fsp3) is 0. The van der Waals surface area contributed by atoms with E-state index in [0.29, 0.717) is 0 Å². The molecule has 2 aromatic heterocycles. The van der Waals surface area contributed by atoms with Gasteiger partial charge in [0.1, 0.15) is 0 Å². The van der Waals surface area contributed by atoms with Gasteiger partial charge in [0.05, 0.1) is 22.4 Å². The Balaban J connectivity index is 1.15. The third kappa shape index (κ3) is 4.40. The topological polar surface area (TPSA) is 25.8 Å². The zero-order valence-electron chi connectivity index (χ0n) is 22.9. The van der Waals surface area contributed by atoms with E-state index in [1.165, 1.54) is 33.0 Å². The maximum atomic E-state index is 5.15. The molecule has 196 valence electrons. The van der Waals surface area contributed by atoms with Crippen molar-refractivity contribution in [3.8, 4) is 44.8 Å². The summed E-state index contributed by atoms with van der Waals surface area (Å²) in [7, 11) is 0. The molecule has 8 rings (SSSR count). The Labute approximate surface area is 244 Å². The number of fused-ring (bicyclic) bond motifs is 4. The smallest absolute Gasteiger partial charge is 0.0972 e. The quantitative estimate of drug-likeness (QED) is 0.210. The molecule has 0 aliphatic rings. The Bertz CT molecular complexity index is 2220. The number of benzene rings is 6. The maximum absolute atomic E-state index is 5.15. The van der Waals surface area contributed by atoms with Crippen molar-refractivity contribution >= 4 is 32.6 Å². The molecule has 0 N–H and O–H groups in total. The highest BCUT2D eigenvalue weighted by Gasteiger charge is 2.10. The lowest BCUT2D eigenvalue weighted by molar-refractivity contribution is 1.37. The summed E-state index contributed by atoms with van der Waals surface area (Å²) in [6.45, 7) is 0. The van der Waals surface area contributed by atoms with E-state index in [2.05, 4.69) is 140 Å². The van der Waals surface area contributed by atoms with Crippen LogP contribution in [0.5, 0.6) is 0 Å². The summed E-state index contributed by atoms with van der Waals surface area (Å²) >= 11 is 0. The maximum Gasteiger partial charge on any atom is 0.0972 e. The van der Waals surface area contributed by atoms with Crippen LogP contribution >= 0.6 is 0 Å². The summed E-state index contributed by atoms with van der Waals surface area (Å²) in [6, 6.07) is 55.7. The fourth-order valence-corrected chi connectivity index (χ4v) is 5.77. The van der Waals surface area contributed by atoms with Gasteiger partial charge in [-0.2, -0.15) is 0 Å². The van der Waals surface area contributed by atoms with E-state index in [-0.39, 0.29) is 0 Å². The lowest BCUT2D eigenvalue weighted by Crippen LogP contribution is -1.91. The van der Waals surface area contributed by atoms with Gasteiger partial charge in [0.15, 0.2) is 0 Å². The summed E-state index contributed by atoms with van der Waals surface area (Å²) in [4.78, 5) is 10.2. The highest BCUT2D eigenvalue weighted by molar-refractivity contribution is 6.04. The average Bonchev–Trinajstić information content (AvgIpc) is 3.08. The predicted molar refractivity (Wildman–Crippen MR) is 176 cm³/mol. The van der Waals surface area contributed by atoms with Crippen molar-refractivity contribution in [3.05, 3.63) is 158 Å². The minimum Gasteiger partial charge on any atom is -0.245 e. The number of hydrogen-bond acceptors (Lipinski definition) is 2. The van der Waals surface area contributed by atoms with Crippen LogP contribution in [0, 0.1) is 0 Å². The van der Waals surface area contributed by atoms with Crippen molar-refractivity contribution in [2.24, 2.45) is 0 Å². The third-order valence-corrected chi connectivity index (χ3v) is 8.05. The van der Waals surface area contributed by atoms with Gasteiger partial charge in [-0.3, -0.25) is 0 Å². The van der Waals surface area contributed by atoms with Crippen molar-refractivity contribution < 1.29 is 0 Å². The molecule has 0 unspecified atom stereocenters. The van der Waals surface area contributed by atoms with Crippen LogP contribution in [0.3, 0.4) is 0 Å². The van der Waals surface area contributed by atoms with Gasteiger partial charge in [-0.15, -0.1) is 0 Å². The van der Waals surface area contributed by atoms with E-state index >= 15 is 0 Å². The van der Waals surface area contributed by atoms with Gasteiger partial charge in [0.25, 0.3) is 0 Å². The first-order valence-electron chi connectivity index (χ1n) is 14.2. The van der Waals surface area contributed by atoms with Crippen LogP contribution in [-0.4, -0.2) is 9.97 Å². The molecule has 6 aromatic carbocycles. The van der Waals surface area contributed by atoms with Crippen LogP contribution in [0.25, 0.3) is 77.3 Å². The number of hydrogen-bond donors (Lipinski definition) is 0. The highest BCUT2D eigenvalue weighted by atomic mass is 14.8. The van der Waals surface area contributed by atoms with E-state index in [1.807, 2.05) is 18.2 Å². The Kier molecular flexibility index (Phi) is 5.82. The van der Waals surface area contributed by atoms with Crippen LogP contribution in [0.2, 0.25) is 0 Å². The summed E-state index contributed by atoms with van der Waals surface area (Å²) in [5.41, 5.74) is 10.9. The minimum absolute atomic E-state index is 0.928. The normalized spacial score (nSPS) is 11.3. The Morgan fingerprint density at radius 3 is 1.24 bits per heavy atom. The summed E-state index contributed by atoms with van der Waals surface area (Å²) in [6.07, 6.45) is 0. The molecule has 0 atom stereocenters. The SMILES string of the molecule is c1ccc(-c2ccc(-c3ccc4cc(-c5ccc6ccc7ccc(-c8ccccc8)nc7c6n5)ccc4c3)cc2)cc1. The summed E-state index contributed by atoms with van der Waals surface area (Å²) < 4.78 is 0. The first-order chi connectivity index (χ1) is 20.8. The van der Waals surface area contributed by atoms with Crippen LogP contribution in [0.15, 0.2) is 158 Å². The predicted octanol–water partition coefficient (Wildman–Crippen LogP) is 10.6. The molecule has 0 saturated heterocycles. The molecule has 2 heteroatoms. The molecule has 0 amide bonds. The molecule has 0 radical (unpaired) electrons. The van der Waals surface area contributed by atoms with E-state index in [4.69, 9.17) is 9.97 Å². The van der Waals surface area contributed by atoms with Crippen molar-refractivity contribution in [1.29, 1.82) is 0 Å². The van der Waals surface area contributed by atoms with Gasteiger partial charge >= 0.3 is 0 Å². The molecular weight excluding hydrogens is 508 g/mol. The van der Waals surface area contributed by atoms with Crippen LogP contribution in [-0.2, 0) is 0 Å². The molecule has 8 aromatic rings. The molecule has 2 heterocycles. The second-order valence-corrected chi connectivity index (χ2v) is 10.7. The molecule has 0 saturated carbocycles. The Morgan fingerprint density at radius 1 is 0.262 bits per heavy atom. The lowest BCUT2D eigenvalue weighted by atomic mass is 9.97. The molecule has 0 bridgehead atoms. The van der Waals surface area contributed by atoms with E-state index < -0.39 is 0 Å². The number of aromatic nitrogens is 2. The van der Waals surface area contributed by atoms with Crippen LogP contribution in [0.1, 0.15) is 0 Å². The average molecular weight is 535 g/mol. The minimum atomic E-state index is 0.928. The van der Waals surface area contributed by atoms with Crippen LogP contribution < -0.4 is 0 Å². The zero-order chi connectivity index (χ0) is 27.9. The van der Waals surface area contributed by atoms with E-state index in [9.17, 15) is 0 Å². The number of rotatable bonds is 4. The van der Waals surface area contributed by atoms with Gasteiger partial charge in [-0.05, 0) is 57.3 Å². The van der Waals surface area contributed by atoms with Crippen molar-refractivity contribution in [1.82, 2.24) is 9.97 Å². The van der Waals surface area contributed by atoms with Crippen molar-refractivity contribution in [2.75, 3.05) is 0 Å². The summed E-state index contributed by atoms with van der Waals surface area (Å²) in [5.74, 6) is 0. The highest BCUT2D eigenvalue weighted by Crippen LogP contribution is 2.32. The second-order valence-electron chi connectivity index (χ2n) is 10.7. The van der Waals surface area contributed by atoms with Crippen LogP contribution in [0.4, 0.5) is 0 Å². The number of pyridine rings is 2. The monoisotopic (exact) mass is 534 g/mol. The Morgan fingerprint density at radius 2 is 0.643 bits per heavy atom. The first kappa shape index (κ1) is 24.2. The number of nitrogens with zero attached hydrogens (tertiary/aromatic N) is 2. The molecule has 42 heavy (non-hydrogen) atoms. The molecule has 0 aliphatic carbocycles. The first-order valence-corrected chi connectivity index (χ1v) is 14.2. The lowest BCUT2D eigenvalue weighted by Gasteiger charge is -2.10. The van der Waals surface area contributed by atoms with Gasteiger partial charge in [-0.25, -0.2) is 9.97 Å². The van der Waals surface area contributed by atoms with Crippen molar-refractivity contribution in [2.45, 2.75) is 0 Å². The van der Waals surface area contributed by atoms with Gasteiger partial charge in [0.2, 0.25) is 0 Å². The third-order valence-electron chi connectivity index (χ3n) is 8.05. The van der Waals surface area contributed by atoms with E-state index in [1.54, 1.807) is 0 Å². The molecule has 0 fully saturated rings. The molecular formula is C40H26N2. The second kappa shape index (κ2) is 10.1. The van der Waals surface area contributed by atoms with E-state index in [0.717, 1.165) is 44.3 Å². The molecule has 0 aliphatic heterocycles. The fourth-order valence-electron chi connectivity index (χ4n) is 5.77. The van der Waals surface area contributed by atoms with Crippen molar-refractivity contribution in [3.63, 3.8) is 0 Å².